The molecule has 1 amide bonds. The van der Waals surface area contributed by atoms with Crippen molar-refractivity contribution in [1.29, 1.82) is 0 Å². The zero-order valence-electron chi connectivity index (χ0n) is 15.3. The topological polar surface area (TPSA) is 71.1 Å². The van der Waals surface area contributed by atoms with Gasteiger partial charge in [-0.05, 0) is 42.8 Å². The number of methoxy groups -OCH3 is 1. The van der Waals surface area contributed by atoms with Crippen molar-refractivity contribution in [2.24, 2.45) is 0 Å². The lowest BCUT2D eigenvalue weighted by Crippen LogP contribution is -2.37. The van der Waals surface area contributed by atoms with Crippen molar-refractivity contribution < 1.29 is 9.53 Å². The molecule has 3 heterocycles. The van der Waals surface area contributed by atoms with E-state index in [0.717, 1.165) is 46.8 Å². The monoisotopic (exact) mass is 362 g/mol. The van der Waals surface area contributed by atoms with E-state index >= 15 is 0 Å². The lowest BCUT2D eigenvalue weighted by atomic mass is 9.99. The molecule has 1 aliphatic rings. The fourth-order valence-electron chi connectivity index (χ4n) is 3.47. The van der Waals surface area contributed by atoms with E-state index < -0.39 is 0 Å². The minimum atomic E-state index is 0.166. The largest absolute Gasteiger partial charge is 0.497 e. The first-order valence-corrected chi connectivity index (χ1v) is 9.12. The predicted octanol–water partition coefficient (Wildman–Crippen LogP) is 3.00. The van der Waals surface area contributed by atoms with Gasteiger partial charge in [0.15, 0.2) is 0 Å². The van der Waals surface area contributed by atoms with Crippen LogP contribution >= 0.6 is 0 Å². The van der Waals surface area contributed by atoms with Gasteiger partial charge in [0.2, 0.25) is 5.91 Å². The molecule has 6 nitrogen and oxygen atoms in total. The number of aryl methyl sites for hydroxylation is 1. The molecule has 3 aromatic rings. The van der Waals surface area contributed by atoms with E-state index in [4.69, 9.17) is 4.74 Å². The molecule has 138 valence electrons. The molecule has 0 atom stereocenters. The van der Waals surface area contributed by atoms with Crippen LogP contribution in [0.15, 0.2) is 48.9 Å². The Morgan fingerprint density at radius 3 is 2.81 bits per heavy atom. The number of nitrogens with one attached hydrogen (secondary N) is 1. The molecular formula is C21H22N4O2. The summed E-state index contributed by atoms with van der Waals surface area (Å²) in [5.41, 5.74) is 5.06. The van der Waals surface area contributed by atoms with Gasteiger partial charge >= 0.3 is 0 Å². The molecule has 0 unspecified atom stereocenters. The number of aromatic amines is 1. The van der Waals surface area contributed by atoms with Crippen LogP contribution in [0, 0.1) is 0 Å². The highest BCUT2D eigenvalue weighted by Gasteiger charge is 2.24. The van der Waals surface area contributed by atoms with Crippen LogP contribution < -0.4 is 4.74 Å². The summed E-state index contributed by atoms with van der Waals surface area (Å²) in [6, 6.07) is 11.8. The fraction of sp³-hybridized carbons (Fsp3) is 0.286. The van der Waals surface area contributed by atoms with Crippen LogP contribution in [0.1, 0.15) is 23.4 Å². The van der Waals surface area contributed by atoms with Gasteiger partial charge in [0.25, 0.3) is 0 Å². The van der Waals surface area contributed by atoms with Crippen molar-refractivity contribution in [3.05, 3.63) is 65.9 Å². The van der Waals surface area contributed by atoms with Gasteiger partial charge < -0.3 is 14.6 Å². The summed E-state index contributed by atoms with van der Waals surface area (Å²) in [6.07, 6.45) is 5.49. The summed E-state index contributed by atoms with van der Waals surface area (Å²) in [7, 11) is 1.65. The van der Waals surface area contributed by atoms with Gasteiger partial charge in [0.1, 0.15) is 12.1 Å². The number of rotatable bonds is 5. The lowest BCUT2D eigenvalue weighted by Gasteiger charge is -2.29. The predicted molar refractivity (Wildman–Crippen MR) is 102 cm³/mol. The van der Waals surface area contributed by atoms with Crippen molar-refractivity contribution >= 4 is 5.91 Å². The number of hydrogen-bond acceptors (Lipinski definition) is 4. The Morgan fingerprint density at radius 2 is 2.07 bits per heavy atom. The van der Waals surface area contributed by atoms with Gasteiger partial charge in [-0.1, -0.05) is 0 Å². The highest BCUT2D eigenvalue weighted by Crippen LogP contribution is 2.29. The molecular weight excluding hydrogens is 340 g/mol. The molecule has 0 spiro atoms. The van der Waals surface area contributed by atoms with Gasteiger partial charge in [-0.25, -0.2) is 9.97 Å². The molecule has 2 aromatic heterocycles. The van der Waals surface area contributed by atoms with Gasteiger partial charge in [-0.15, -0.1) is 0 Å². The number of H-pyrrole nitrogens is 1. The highest BCUT2D eigenvalue weighted by atomic mass is 16.5. The maximum atomic E-state index is 12.7. The third-order valence-corrected chi connectivity index (χ3v) is 4.99. The zero-order valence-corrected chi connectivity index (χ0v) is 15.3. The second-order valence-corrected chi connectivity index (χ2v) is 6.64. The molecule has 0 fully saturated rings. The second-order valence-electron chi connectivity index (χ2n) is 6.64. The molecule has 4 rings (SSSR count). The summed E-state index contributed by atoms with van der Waals surface area (Å²) >= 11 is 0. The average molecular weight is 362 g/mol. The molecule has 6 heteroatoms. The number of benzene rings is 1. The van der Waals surface area contributed by atoms with E-state index in [1.165, 1.54) is 0 Å². The van der Waals surface area contributed by atoms with Gasteiger partial charge in [-0.3, -0.25) is 4.79 Å². The van der Waals surface area contributed by atoms with E-state index in [0.29, 0.717) is 19.5 Å². The number of aromatic nitrogens is 3. The first-order chi connectivity index (χ1) is 13.2. The summed E-state index contributed by atoms with van der Waals surface area (Å²) in [6.45, 7) is 1.26. The number of carbonyl (C=O) groups is 1. The third kappa shape index (κ3) is 3.69. The minimum absolute atomic E-state index is 0.166. The van der Waals surface area contributed by atoms with Crippen molar-refractivity contribution in [2.75, 3.05) is 13.7 Å². The van der Waals surface area contributed by atoms with Crippen molar-refractivity contribution in [3.63, 3.8) is 0 Å². The van der Waals surface area contributed by atoms with Gasteiger partial charge in [0, 0.05) is 48.9 Å². The summed E-state index contributed by atoms with van der Waals surface area (Å²) in [5, 5.41) is 0. The van der Waals surface area contributed by atoms with Crippen LogP contribution in [0.3, 0.4) is 0 Å². The first-order valence-electron chi connectivity index (χ1n) is 9.12. The number of nitrogens with zero attached hydrogens (tertiary/aromatic N) is 3. The number of hydrogen-bond donors (Lipinski definition) is 1. The van der Waals surface area contributed by atoms with Crippen molar-refractivity contribution in [2.45, 2.75) is 25.8 Å². The van der Waals surface area contributed by atoms with Crippen molar-refractivity contribution in [1.82, 2.24) is 19.9 Å². The number of fused-ring (bicyclic) bond motifs is 1. The van der Waals surface area contributed by atoms with Crippen LogP contribution in [0.4, 0.5) is 0 Å². The maximum Gasteiger partial charge on any atom is 0.223 e. The molecule has 1 aliphatic heterocycles. The fourth-order valence-corrected chi connectivity index (χ4v) is 3.47. The van der Waals surface area contributed by atoms with Crippen LogP contribution in [0.5, 0.6) is 5.75 Å². The van der Waals surface area contributed by atoms with Crippen molar-refractivity contribution in [3.8, 4) is 17.0 Å². The number of ether oxygens (including phenoxy) is 1. The Kier molecular flexibility index (Phi) is 4.87. The summed E-state index contributed by atoms with van der Waals surface area (Å²) < 4.78 is 5.24. The second kappa shape index (κ2) is 7.61. The number of carbonyl (C=O) groups excluding carboxylic acids is 1. The quantitative estimate of drug-likeness (QED) is 0.757. The van der Waals surface area contributed by atoms with E-state index in [1.54, 1.807) is 13.4 Å². The van der Waals surface area contributed by atoms with Gasteiger partial charge in [-0.2, -0.15) is 0 Å². The lowest BCUT2D eigenvalue weighted by molar-refractivity contribution is -0.132. The van der Waals surface area contributed by atoms with E-state index in [9.17, 15) is 4.79 Å². The molecule has 1 aromatic carbocycles. The highest BCUT2D eigenvalue weighted by molar-refractivity contribution is 5.77. The molecule has 0 radical (unpaired) electrons. The summed E-state index contributed by atoms with van der Waals surface area (Å²) in [4.78, 5) is 26.7. The molecule has 0 aliphatic carbocycles. The summed E-state index contributed by atoms with van der Waals surface area (Å²) in [5.74, 6) is 0.975. The first kappa shape index (κ1) is 17.3. The van der Waals surface area contributed by atoms with E-state index in [2.05, 4.69) is 15.0 Å². The standard InChI is InChI=1S/C21H22N4O2/c1-27-17-7-4-15(5-8-17)21-18-13-25(12-10-19(18)23-14-24-21)20(26)9-6-16-3-2-11-22-16/h2-5,7-8,11,14,22H,6,9-10,12-13H2,1H3. The normalized spacial score (nSPS) is 13.3. The average Bonchev–Trinajstić information content (AvgIpc) is 3.25. The molecule has 1 N–H and O–H groups in total. The Balaban J connectivity index is 1.53. The minimum Gasteiger partial charge on any atom is -0.497 e. The van der Waals surface area contributed by atoms with Gasteiger partial charge in [0.05, 0.1) is 18.5 Å². The maximum absolute atomic E-state index is 12.7. The smallest absolute Gasteiger partial charge is 0.223 e. The van der Waals surface area contributed by atoms with Crippen LogP contribution in [-0.2, 0) is 24.2 Å². The third-order valence-electron chi connectivity index (χ3n) is 4.99. The van der Waals surface area contributed by atoms with E-state index in [-0.39, 0.29) is 5.91 Å². The Bertz CT molecular complexity index is 920. The number of amides is 1. The van der Waals surface area contributed by atoms with Crippen LogP contribution in [0.2, 0.25) is 0 Å². The molecule has 0 saturated carbocycles. The van der Waals surface area contributed by atoms with Crippen LogP contribution in [-0.4, -0.2) is 39.4 Å². The van der Waals surface area contributed by atoms with E-state index in [1.807, 2.05) is 47.5 Å². The molecule has 27 heavy (non-hydrogen) atoms. The Morgan fingerprint density at radius 1 is 1.22 bits per heavy atom. The zero-order chi connectivity index (χ0) is 18.6. The van der Waals surface area contributed by atoms with Crippen LogP contribution in [0.25, 0.3) is 11.3 Å². The molecule has 0 saturated heterocycles. The Labute approximate surface area is 158 Å². The Hall–Kier alpha value is -3.15. The SMILES string of the molecule is COc1ccc(-c2ncnc3c2CN(C(=O)CCc2ccc[nH]2)CC3)cc1. The molecule has 0 bridgehead atoms.